The zero-order valence-corrected chi connectivity index (χ0v) is 62.6. The van der Waals surface area contributed by atoms with Crippen LogP contribution in [-0.4, -0.2) is 75.1 Å². The van der Waals surface area contributed by atoms with Crippen LogP contribution in [0.3, 0.4) is 0 Å². The van der Waals surface area contributed by atoms with Crippen molar-refractivity contribution in [2.75, 3.05) is 33.0 Å². The first-order valence-corrected chi connectivity index (χ1v) is 37.4. The predicted octanol–water partition coefficient (Wildman–Crippen LogP) is 21.5. The minimum Gasteiger partial charge on any atom is -0.494 e. The molecule has 0 aliphatic heterocycles. The smallest absolute Gasteiger partial charge is 0.343 e. The van der Waals surface area contributed by atoms with E-state index in [0.717, 1.165) is 85.8 Å². The summed E-state index contributed by atoms with van der Waals surface area (Å²) in [6, 6.07) is 57.6. The van der Waals surface area contributed by atoms with Crippen molar-refractivity contribution in [3.05, 3.63) is 204 Å². The highest BCUT2D eigenvalue weighted by Crippen LogP contribution is 2.40. The molecule has 0 fully saturated rings. The average molecular weight is 1420 g/mol. The maximum atomic E-state index is 12.9. The Bertz CT molecular complexity index is 4550. The van der Waals surface area contributed by atoms with Crippen LogP contribution in [0.2, 0.25) is 0 Å². The van der Waals surface area contributed by atoms with Gasteiger partial charge in [0.2, 0.25) is 0 Å². The number of aldehydes is 1. The molecule has 0 N–H and O–H groups in total. The Morgan fingerprint density at radius 2 is 0.752 bits per heavy atom. The third kappa shape index (κ3) is 22.8. The molecule has 0 bridgehead atoms. The van der Waals surface area contributed by atoms with E-state index < -0.39 is 11.9 Å². The summed E-state index contributed by atoms with van der Waals surface area (Å²) in [4.78, 5) is 82.4. The van der Waals surface area contributed by atoms with Crippen molar-refractivity contribution in [2.45, 2.75) is 153 Å². The van der Waals surface area contributed by atoms with Gasteiger partial charge in [0.25, 0.3) is 0 Å². The molecule has 5 unspecified atom stereocenters. The van der Waals surface area contributed by atoms with Crippen molar-refractivity contribution in [1.82, 2.24) is 0 Å². The molecule has 552 valence electrons. The number of esters is 6. The summed E-state index contributed by atoms with van der Waals surface area (Å²) in [6.07, 6.45) is 11.7. The molecule has 0 saturated heterocycles. The van der Waals surface area contributed by atoms with E-state index in [1.165, 1.54) is 67.7 Å². The largest absolute Gasteiger partial charge is 0.494 e. The molecule has 0 aliphatic carbocycles. The van der Waals surface area contributed by atoms with Gasteiger partial charge in [-0.3, -0.25) is 24.0 Å². The lowest BCUT2D eigenvalue weighted by Crippen LogP contribution is -2.18. The van der Waals surface area contributed by atoms with Crippen LogP contribution in [-0.2, 0) is 44.7 Å². The number of carbonyl (C=O) groups is 7. The Balaban J connectivity index is 0.000000185. The second-order valence-corrected chi connectivity index (χ2v) is 26.9. The summed E-state index contributed by atoms with van der Waals surface area (Å²) in [7, 11) is 0. The van der Waals surface area contributed by atoms with Crippen molar-refractivity contribution in [3.63, 3.8) is 0 Å². The van der Waals surface area contributed by atoms with Gasteiger partial charge < -0.3 is 37.9 Å². The van der Waals surface area contributed by atoms with Gasteiger partial charge in [-0.15, -0.1) is 0 Å². The first-order valence-electron chi connectivity index (χ1n) is 37.4. The van der Waals surface area contributed by atoms with E-state index in [-0.39, 0.29) is 47.5 Å². The summed E-state index contributed by atoms with van der Waals surface area (Å²) in [5.74, 6) is 1.31. The number of ether oxygens (including phenoxy) is 8. The van der Waals surface area contributed by atoms with Crippen molar-refractivity contribution >= 4 is 107 Å². The summed E-state index contributed by atoms with van der Waals surface area (Å²) in [5, 5.41) is 14.1. The third-order valence-electron chi connectivity index (χ3n) is 19.3. The number of benzene rings is 11. The number of unbranched alkanes of at least 4 members (excludes halogenated alkanes) is 3. The van der Waals surface area contributed by atoms with Crippen LogP contribution in [0.4, 0.5) is 0 Å². The molecule has 11 rings (SSSR count). The lowest BCUT2D eigenvalue weighted by molar-refractivity contribution is -0.150. The number of hydrogen-bond acceptors (Lipinski definition) is 15. The molecule has 0 aliphatic rings. The second kappa shape index (κ2) is 41.2. The van der Waals surface area contributed by atoms with Gasteiger partial charge in [-0.2, -0.15) is 0 Å². The Labute approximate surface area is 617 Å². The Kier molecular flexibility index (Phi) is 31.5. The first kappa shape index (κ1) is 80.3. The lowest BCUT2D eigenvalue weighted by atomic mass is 9.92. The number of rotatable bonds is 33. The van der Waals surface area contributed by atoms with Gasteiger partial charge in [0.05, 0.1) is 67.8 Å². The Morgan fingerprint density at radius 1 is 0.362 bits per heavy atom. The van der Waals surface area contributed by atoms with E-state index in [1.807, 2.05) is 73.6 Å². The van der Waals surface area contributed by atoms with Crippen LogP contribution in [0, 0.1) is 29.6 Å². The molecule has 5 atom stereocenters. The van der Waals surface area contributed by atoms with Gasteiger partial charge >= 0.3 is 35.8 Å². The van der Waals surface area contributed by atoms with E-state index in [1.54, 1.807) is 72.8 Å². The third-order valence-corrected chi connectivity index (χ3v) is 19.3. The zero-order chi connectivity index (χ0) is 75.2. The monoisotopic (exact) mass is 1420 g/mol. The van der Waals surface area contributed by atoms with E-state index in [9.17, 15) is 33.6 Å². The van der Waals surface area contributed by atoms with Crippen molar-refractivity contribution in [2.24, 2.45) is 29.6 Å². The molecule has 0 radical (unpaired) electrons. The molecular weight excluding hydrogens is 1320 g/mol. The van der Waals surface area contributed by atoms with Gasteiger partial charge in [-0.05, 0) is 208 Å². The SMILES string of the molecule is CCC(C)C(=O)OCCCCOc1ccc(C(=O)Oc2ccc(C=O)cc2)cc1.CCC(C)C(=O)OCCCCOc1ccc(C(=O)Oc2ccc3ccc4cccc5ccc2c3c45)cc1.CCC(C)C(=O)OCc1ccc2ccc3cccc4ccc1c2c34.CCCCC(CC)COC(=O)C(C)CC. The molecule has 0 spiro atoms. The molecule has 11 aromatic rings. The minimum atomic E-state index is -0.487. The van der Waals surface area contributed by atoms with Crippen LogP contribution in [0.5, 0.6) is 23.0 Å². The van der Waals surface area contributed by atoms with Crippen molar-refractivity contribution in [3.8, 4) is 23.0 Å². The number of carbonyl (C=O) groups excluding carboxylic acids is 7. The van der Waals surface area contributed by atoms with Crippen LogP contribution in [0.1, 0.15) is 183 Å². The fourth-order valence-electron chi connectivity index (χ4n) is 11.6. The number of hydrogen-bond donors (Lipinski definition) is 0. The van der Waals surface area contributed by atoms with Gasteiger partial charge in [-0.25, -0.2) is 9.59 Å². The van der Waals surface area contributed by atoms with Gasteiger partial charge in [0.1, 0.15) is 35.9 Å². The maximum Gasteiger partial charge on any atom is 0.343 e. The maximum absolute atomic E-state index is 12.9. The van der Waals surface area contributed by atoms with Gasteiger partial charge in [-0.1, -0.05) is 186 Å². The Morgan fingerprint density at radius 3 is 1.21 bits per heavy atom. The fourth-order valence-corrected chi connectivity index (χ4v) is 11.6. The summed E-state index contributed by atoms with van der Waals surface area (Å²) in [5.41, 5.74) is 2.43. The highest BCUT2D eigenvalue weighted by atomic mass is 16.6. The van der Waals surface area contributed by atoms with Gasteiger partial charge in [0, 0.05) is 16.3 Å². The molecule has 0 amide bonds. The zero-order valence-electron chi connectivity index (χ0n) is 62.6. The van der Waals surface area contributed by atoms with E-state index in [0.29, 0.717) is 85.2 Å². The van der Waals surface area contributed by atoms with E-state index in [4.69, 9.17) is 37.9 Å². The van der Waals surface area contributed by atoms with Crippen LogP contribution >= 0.6 is 0 Å². The minimum absolute atomic E-state index is 0.0348. The molecule has 105 heavy (non-hydrogen) atoms. The van der Waals surface area contributed by atoms with Crippen LogP contribution in [0.15, 0.2) is 182 Å². The molecular formula is C90H102O15. The molecule has 0 aromatic heterocycles. The standard InChI is InChI=1S/C32H30O5.C23H26O6.C22H20O2.C13H26O2/c1-3-21(2)31(33)36-20-5-4-19-35-26-15-11-25(12-16-26)32(34)37-28-18-14-24-10-9-22-7-6-8-23-13-17-27(28)30(24)29(22)23;1-3-17(2)22(25)28-15-5-4-14-27-20-12-8-19(9-13-20)23(26)29-21-10-6-18(16-24)7-11-21;1-3-14(2)22(23)24-13-18-10-9-17-8-7-15-5-4-6-16-11-12-19(18)21(17)20(15)16;1-5-8-9-12(7-3)10-15-13(14)11(4)6-2/h6-18,21H,3-5,19-20H2,1-2H3;6-13,16-17H,3-5,14-15H2,1-2H3;4-12,14H,3,13H2,1-2H3;11-12H,5-10H2,1-4H3. The summed E-state index contributed by atoms with van der Waals surface area (Å²) in [6.45, 7) is 22.6. The summed E-state index contributed by atoms with van der Waals surface area (Å²) >= 11 is 0. The van der Waals surface area contributed by atoms with Crippen molar-refractivity contribution < 1.29 is 71.5 Å². The lowest BCUT2D eigenvalue weighted by Gasteiger charge is -2.16. The van der Waals surface area contributed by atoms with Gasteiger partial charge in [0.15, 0.2) is 0 Å². The molecule has 15 heteroatoms. The first-order chi connectivity index (χ1) is 50.9. The quantitative estimate of drug-likeness (QED) is 0.00941. The van der Waals surface area contributed by atoms with Crippen molar-refractivity contribution in [1.29, 1.82) is 0 Å². The molecule has 0 saturated carbocycles. The van der Waals surface area contributed by atoms with E-state index >= 15 is 0 Å². The molecule has 15 nitrogen and oxygen atoms in total. The average Bonchev–Trinajstić information content (AvgIpc) is 0.749. The molecule has 0 heterocycles. The highest BCUT2D eigenvalue weighted by molar-refractivity contribution is 6.25. The predicted molar refractivity (Wildman–Crippen MR) is 418 cm³/mol. The Hall–Kier alpha value is -10.4. The van der Waals surface area contributed by atoms with Crippen LogP contribution in [0.25, 0.3) is 64.6 Å². The van der Waals surface area contributed by atoms with E-state index in [2.05, 4.69) is 105 Å². The summed E-state index contributed by atoms with van der Waals surface area (Å²) < 4.78 is 43.8. The van der Waals surface area contributed by atoms with Crippen LogP contribution < -0.4 is 18.9 Å². The molecule has 11 aromatic carbocycles. The fraction of sp³-hybridized carbons (Fsp3) is 0.367. The highest BCUT2D eigenvalue weighted by Gasteiger charge is 2.20. The second-order valence-electron chi connectivity index (χ2n) is 26.9. The normalized spacial score (nSPS) is 12.5. The topological polar surface area (TPSA) is 193 Å².